The Balaban J connectivity index is 1.80. The molecular formula is C30H32ClNO4S. The first kappa shape index (κ1) is 27.0. The molecule has 2 aromatic carbocycles. The number of carbonyl (C=O) groups excluding carboxylic acids is 2. The van der Waals surface area contributed by atoms with Gasteiger partial charge < -0.3 is 14.7 Å². The van der Waals surface area contributed by atoms with Gasteiger partial charge in [-0.3, -0.25) is 9.59 Å². The quantitative estimate of drug-likeness (QED) is 0.199. The molecule has 1 atom stereocenters. The van der Waals surface area contributed by atoms with Crippen molar-refractivity contribution in [2.24, 2.45) is 0 Å². The lowest BCUT2D eigenvalue weighted by Gasteiger charge is -2.26. The van der Waals surface area contributed by atoms with Crippen LogP contribution in [0.2, 0.25) is 5.02 Å². The second-order valence-corrected chi connectivity index (χ2v) is 11.6. The van der Waals surface area contributed by atoms with Crippen LogP contribution in [-0.2, 0) is 21.4 Å². The minimum atomic E-state index is -0.669. The van der Waals surface area contributed by atoms with Crippen LogP contribution in [0, 0.1) is 6.92 Å². The van der Waals surface area contributed by atoms with Crippen molar-refractivity contribution in [1.29, 1.82) is 0 Å². The highest BCUT2D eigenvalue weighted by Gasteiger charge is 2.47. The predicted octanol–water partition coefficient (Wildman–Crippen LogP) is 7.07. The van der Waals surface area contributed by atoms with Gasteiger partial charge in [-0.05, 0) is 78.6 Å². The van der Waals surface area contributed by atoms with Crippen molar-refractivity contribution in [3.8, 4) is 5.75 Å². The number of likely N-dealkylation sites (tertiary alicyclic amines) is 1. The molecule has 0 saturated carbocycles. The van der Waals surface area contributed by atoms with Crippen molar-refractivity contribution >= 4 is 40.4 Å². The molecule has 2 heterocycles. The molecule has 0 spiro atoms. The molecule has 3 aromatic rings. The van der Waals surface area contributed by atoms with Crippen LogP contribution in [0.15, 0.2) is 59.5 Å². The number of rotatable bonds is 7. The molecule has 1 aromatic heterocycles. The summed E-state index contributed by atoms with van der Waals surface area (Å²) in [7, 11) is 0. The van der Waals surface area contributed by atoms with Crippen molar-refractivity contribution in [3.63, 3.8) is 0 Å². The van der Waals surface area contributed by atoms with Gasteiger partial charge in [-0.2, -0.15) is 0 Å². The fraction of sp³-hybridized carbons (Fsp3) is 0.333. The first-order valence-corrected chi connectivity index (χ1v) is 13.6. The largest absolute Gasteiger partial charge is 0.507 e. The van der Waals surface area contributed by atoms with E-state index in [0.717, 1.165) is 27.3 Å². The van der Waals surface area contributed by atoms with Crippen molar-refractivity contribution in [2.75, 3.05) is 13.2 Å². The first-order chi connectivity index (χ1) is 17.5. The van der Waals surface area contributed by atoms with Gasteiger partial charge >= 0.3 is 0 Å². The Morgan fingerprint density at radius 1 is 1.11 bits per heavy atom. The van der Waals surface area contributed by atoms with Crippen LogP contribution in [0.5, 0.6) is 5.75 Å². The SMILES string of the molecule is CCOc1ccc(/C(O)=C2/C(=O)C(=O)N(CCc3ccc(Cl)cc3)C2c2sccc2C)cc1C(C)(C)C. The summed E-state index contributed by atoms with van der Waals surface area (Å²) < 4.78 is 5.82. The summed E-state index contributed by atoms with van der Waals surface area (Å²) in [5.74, 6) is -0.702. The van der Waals surface area contributed by atoms with Crippen LogP contribution >= 0.6 is 22.9 Å². The highest BCUT2D eigenvalue weighted by Crippen LogP contribution is 2.43. The molecule has 1 aliphatic heterocycles. The maximum Gasteiger partial charge on any atom is 0.295 e. The second-order valence-electron chi connectivity index (χ2n) is 10.2. The molecule has 1 amide bonds. The number of nitrogens with zero attached hydrogens (tertiary/aromatic N) is 1. The normalized spacial score (nSPS) is 17.5. The van der Waals surface area contributed by atoms with Crippen molar-refractivity contribution in [2.45, 2.75) is 52.5 Å². The van der Waals surface area contributed by atoms with E-state index in [1.165, 1.54) is 11.3 Å². The number of aliphatic hydroxyl groups excluding tert-OH is 1. The number of hydrogen-bond donors (Lipinski definition) is 1. The van der Waals surface area contributed by atoms with Gasteiger partial charge in [0.05, 0.1) is 18.2 Å². The maximum absolute atomic E-state index is 13.4. The van der Waals surface area contributed by atoms with E-state index in [4.69, 9.17) is 16.3 Å². The van der Waals surface area contributed by atoms with Gasteiger partial charge in [0.25, 0.3) is 11.7 Å². The predicted molar refractivity (Wildman–Crippen MR) is 150 cm³/mol. The van der Waals surface area contributed by atoms with E-state index < -0.39 is 17.7 Å². The number of thiophene rings is 1. The third-order valence-electron chi connectivity index (χ3n) is 6.61. The van der Waals surface area contributed by atoms with Gasteiger partial charge in [0.15, 0.2) is 0 Å². The lowest BCUT2D eigenvalue weighted by molar-refractivity contribution is -0.139. The van der Waals surface area contributed by atoms with E-state index in [2.05, 4.69) is 20.8 Å². The molecule has 7 heteroatoms. The Kier molecular flexibility index (Phi) is 7.81. The van der Waals surface area contributed by atoms with Crippen LogP contribution < -0.4 is 4.74 Å². The smallest absolute Gasteiger partial charge is 0.295 e. The van der Waals surface area contributed by atoms with E-state index in [0.29, 0.717) is 30.2 Å². The monoisotopic (exact) mass is 537 g/mol. The molecule has 1 aliphatic rings. The first-order valence-electron chi connectivity index (χ1n) is 12.4. The molecule has 0 aliphatic carbocycles. The number of hydrogen-bond acceptors (Lipinski definition) is 5. The van der Waals surface area contributed by atoms with E-state index in [9.17, 15) is 14.7 Å². The van der Waals surface area contributed by atoms with Crippen LogP contribution in [0.3, 0.4) is 0 Å². The molecule has 1 N–H and O–H groups in total. The Morgan fingerprint density at radius 2 is 1.81 bits per heavy atom. The molecule has 4 rings (SSSR count). The zero-order chi connectivity index (χ0) is 26.9. The van der Waals surface area contributed by atoms with Crippen molar-refractivity contribution in [3.05, 3.63) is 91.6 Å². The van der Waals surface area contributed by atoms with Crippen LogP contribution in [0.1, 0.15) is 60.9 Å². The number of halogens is 1. The minimum Gasteiger partial charge on any atom is -0.507 e. The molecule has 194 valence electrons. The molecule has 0 bridgehead atoms. The highest BCUT2D eigenvalue weighted by atomic mass is 35.5. The zero-order valence-electron chi connectivity index (χ0n) is 21.8. The minimum absolute atomic E-state index is 0.121. The summed E-state index contributed by atoms with van der Waals surface area (Å²) in [4.78, 5) is 29.2. The summed E-state index contributed by atoms with van der Waals surface area (Å²) in [5, 5.41) is 14.1. The van der Waals surface area contributed by atoms with E-state index in [1.54, 1.807) is 11.0 Å². The summed E-state index contributed by atoms with van der Waals surface area (Å²) in [6.45, 7) is 10.9. The molecule has 1 saturated heterocycles. The summed E-state index contributed by atoms with van der Waals surface area (Å²) in [6.07, 6.45) is 0.558. The van der Waals surface area contributed by atoms with Gasteiger partial charge in [-0.15, -0.1) is 11.3 Å². The second kappa shape index (κ2) is 10.7. The molecule has 1 fully saturated rings. The number of aryl methyl sites for hydroxylation is 1. The van der Waals surface area contributed by atoms with Gasteiger partial charge in [0.2, 0.25) is 0 Å². The summed E-state index contributed by atoms with van der Waals surface area (Å²) in [6, 6.07) is 14.2. The maximum atomic E-state index is 13.4. The number of ketones is 1. The third kappa shape index (κ3) is 5.46. The van der Waals surface area contributed by atoms with Crippen molar-refractivity contribution in [1.82, 2.24) is 4.90 Å². The van der Waals surface area contributed by atoms with Gasteiger partial charge in [0.1, 0.15) is 11.5 Å². The summed E-state index contributed by atoms with van der Waals surface area (Å²) in [5.41, 5.74) is 3.25. The lowest BCUT2D eigenvalue weighted by atomic mass is 9.84. The molecule has 5 nitrogen and oxygen atoms in total. The van der Waals surface area contributed by atoms with Crippen LogP contribution in [0.4, 0.5) is 0 Å². The van der Waals surface area contributed by atoms with E-state index in [1.807, 2.05) is 61.7 Å². The zero-order valence-corrected chi connectivity index (χ0v) is 23.4. The topological polar surface area (TPSA) is 66.8 Å². The average Bonchev–Trinajstić information content (AvgIpc) is 3.38. The number of ether oxygens (including phenoxy) is 1. The standard InChI is InChI=1S/C30H32ClNO4S/c1-6-36-23-12-9-20(17-22(23)30(3,4)5)26(33)24-25(28-18(2)14-16-37-28)32(29(35)27(24)34)15-13-19-7-10-21(31)11-8-19/h7-12,14,16-17,25,33H,6,13,15H2,1-5H3/b26-24-. The van der Waals surface area contributed by atoms with E-state index in [-0.39, 0.29) is 16.7 Å². The Labute approximate surface area is 227 Å². The molecule has 1 unspecified atom stereocenters. The lowest BCUT2D eigenvalue weighted by Crippen LogP contribution is -2.31. The van der Waals surface area contributed by atoms with Crippen LogP contribution in [0.25, 0.3) is 5.76 Å². The Morgan fingerprint density at radius 3 is 2.41 bits per heavy atom. The van der Waals surface area contributed by atoms with Gasteiger partial charge in [-0.25, -0.2) is 0 Å². The molecule has 37 heavy (non-hydrogen) atoms. The number of benzene rings is 2. The van der Waals surface area contributed by atoms with Crippen molar-refractivity contribution < 1.29 is 19.4 Å². The third-order valence-corrected chi connectivity index (χ3v) is 7.93. The van der Waals surface area contributed by atoms with E-state index >= 15 is 0 Å². The summed E-state index contributed by atoms with van der Waals surface area (Å²) >= 11 is 7.50. The fourth-order valence-corrected chi connectivity index (χ4v) is 5.82. The number of amides is 1. The Bertz CT molecular complexity index is 1350. The van der Waals surface area contributed by atoms with Gasteiger partial charge in [0, 0.05) is 27.6 Å². The number of carbonyl (C=O) groups is 2. The fourth-order valence-electron chi connectivity index (χ4n) is 4.65. The highest BCUT2D eigenvalue weighted by molar-refractivity contribution is 7.10. The average molecular weight is 538 g/mol. The molecule has 0 radical (unpaired) electrons. The molecular weight excluding hydrogens is 506 g/mol. The van der Waals surface area contributed by atoms with Gasteiger partial charge in [-0.1, -0.05) is 44.5 Å². The van der Waals surface area contributed by atoms with Crippen LogP contribution in [-0.4, -0.2) is 34.8 Å². The Hall–Kier alpha value is -3.09. The number of Topliss-reactive ketones (excluding diaryl/α,β-unsaturated/α-hetero) is 1. The number of aliphatic hydroxyl groups is 1.